The molecule has 1 amide bonds. The number of likely N-dealkylation sites (tertiary alicyclic amines) is 1. The Morgan fingerprint density at radius 2 is 1.81 bits per heavy atom. The Kier molecular flexibility index (Phi) is 3.92. The van der Waals surface area contributed by atoms with Gasteiger partial charge in [-0.3, -0.25) is 9.69 Å². The van der Waals surface area contributed by atoms with Crippen LogP contribution in [0.3, 0.4) is 0 Å². The molecule has 0 bridgehead atoms. The molecule has 2 fully saturated rings. The Bertz CT molecular complexity index is 537. The minimum atomic E-state index is -0.391. The molecule has 5 heteroatoms. The second kappa shape index (κ2) is 5.85. The van der Waals surface area contributed by atoms with Crippen molar-refractivity contribution in [1.29, 1.82) is 0 Å². The summed E-state index contributed by atoms with van der Waals surface area (Å²) >= 11 is 0. The number of ether oxygens (including phenoxy) is 1. The smallest absolute Gasteiger partial charge is 0.337 e. The van der Waals surface area contributed by atoms with Crippen molar-refractivity contribution < 1.29 is 14.3 Å². The largest absolute Gasteiger partial charge is 0.465 e. The first-order chi connectivity index (χ1) is 10.2. The number of amides is 1. The van der Waals surface area contributed by atoms with Crippen LogP contribution < -0.4 is 5.32 Å². The number of nitrogens with zero attached hydrogens (tertiary/aromatic N) is 1. The third-order valence-electron chi connectivity index (χ3n) is 4.19. The van der Waals surface area contributed by atoms with Crippen LogP contribution in [0.15, 0.2) is 24.3 Å². The van der Waals surface area contributed by atoms with Crippen molar-refractivity contribution in [3.63, 3.8) is 0 Å². The van der Waals surface area contributed by atoms with Crippen LogP contribution in [0.5, 0.6) is 0 Å². The summed E-state index contributed by atoms with van der Waals surface area (Å²) < 4.78 is 4.64. The van der Waals surface area contributed by atoms with Crippen molar-refractivity contribution in [1.82, 2.24) is 10.2 Å². The molecular formula is C16H20N2O3. The van der Waals surface area contributed by atoms with Crippen LogP contribution in [-0.2, 0) is 4.74 Å². The lowest BCUT2D eigenvalue weighted by Crippen LogP contribution is -2.37. The molecule has 1 saturated carbocycles. The topological polar surface area (TPSA) is 58.6 Å². The molecule has 0 aromatic heterocycles. The molecule has 2 aliphatic rings. The van der Waals surface area contributed by atoms with E-state index in [1.165, 1.54) is 20.0 Å². The van der Waals surface area contributed by atoms with E-state index in [1.54, 1.807) is 24.3 Å². The van der Waals surface area contributed by atoms with Gasteiger partial charge < -0.3 is 10.1 Å². The monoisotopic (exact) mass is 288 g/mol. The van der Waals surface area contributed by atoms with Crippen molar-refractivity contribution >= 4 is 11.9 Å². The molecule has 1 aliphatic heterocycles. The van der Waals surface area contributed by atoms with Crippen LogP contribution in [0.1, 0.15) is 40.0 Å². The summed E-state index contributed by atoms with van der Waals surface area (Å²) in [5, 5.41) is 3.07. The minimum Gasteiger partial charge on any atom is -0.465 e. The lowest BCUT2D eigenvalue weighted by atomic mass is 10.1. The Morgan fingerprint density at radius 1 is 1.14 bits per heavy atom. The fourth-order valence-corrected chi connectivity index (χ4v) is 2.82. The number of benzene rings is 1. The number of esters is 1. The van der Waals surface area contributed by atoms with Gasteiger partial charge >= 0.3 is 5.97 Å². The fraction of sp³-hybridized carbons (Fsp3) is 0.500. The number of methoxy groups -OCH3 is 1. The van der Waals surface area contributed by atoms with E-state index in [-0.39, 0.29) is 11.9 Å². The van der Waals surface area contributed by atoms with Gasteiger partial charge in [-0.2, -0.15) is 0 Å². The van der Waals surface area contributed by atoms with Gasteiger partial charge in [0.25, 0.3) is 5.91 Å². The standard InChI is InChI=1S/C16H20N2O3/c1-21-16(20)12-4-2-11(3-5-12)15(19)17-13-8-9-18(10-13)14-6-7-14/h2-5,13-14H,6-10H2,1H3,(H,17,19)/t13-/m0/s1. The molecule has 0 unspecified atom stereocenters. The van der Waals surface area contributed by atoms with Crippen LogP contribution in [0.2, 0.25) is 0 Å². The zero-order valence-electron chi connectivity index (χ0n) is 12.2. The number of carbonyl (C=O) groups is 2. The molecule has 1 aliphatic carbocycles. The molecule has 3 rings (SSSR count). The molecule has 0 spiro atoms. The maximum absolute atomic E-state index is 12.2. The van der Waals surface area contributed by atoms with Crippen LogP contribution in [0.4, 0.5) is 0 Å². The molecule has 1 atom stereocenters. The quantitative estimate of drug-likeness (QED) is 0.852. The first-order valence-electron chi connectivity index (χ1n) is 7.40. The molecular weight excluding hydrogens is 268 g/mol. The third kappa shape index (κ3) is 3.24. The highest BCUT2D eigenvalue weighted by atomic mass is 16.5. The molecule has 112 valence electrons. The van der Waals surface area contributed by atoms with Crippen LogP contribution in [0, 0.1) is 0 Å². The Morgan fingerprint density at radius 3 is 2.43 bits per heavy atom. The molecule has 1 N–H and O–H groups in total. The van der Waals surface area contributed by atoms with Crippen molar-refractivity contribution in [2.45, 2.75) is 31.3 Å². The molecule has 1 heterocycles. The summed E-state index contributed by atoms with van der Waals surface area (Å²) in [6.07, 6.45) is 3.62. The van der Waals surface area contributed by atoms with E-state index < -0.39 is 5.97 Å². The Balaban J connectivity index is 1.56. The maximum Gasteiger partial charge on any atom is 0.337 e. The molecule has 1 saturated heterocycles. The van der Waals surface area contributed by atoms with E-state index in [0.717, 1.165) is 25.6 Å². The summed E-state index contributed by atoms with van der Waals surface area (Å²) in [7, 11) is 1.34. The molecule has 1 aromatic rings. The van der Waals surface area contributed by atoms with Crippen molar-refractivity contribution in [3.8, 4) is 0 Å². The van der Waals surface area contributed by atoms with E-state index in [1.807, 2.05) is 0 Å². The normalized spacial score (nSPS) is 22.0. The first-order valence-corrected chi connectivity index (χ1v) is 7.40. The van der Waals surface area contributed by atoms with Gasteiger partial charge in [-0.15, -0.1) is 0 Å². The predicted molar refractivity (Wildman–Crippen MR) is 78.2 cm³/mol. The zero-order valence-corrected chi connectivity index (χ0v) is 12.2. The van der Waals surface area contributed by atoms with Gasteiger partial charge in [0.15, 0.2) is 0 Å². The van der Waals surface area contributed by atoms with E-state index in [0.29, 0.717) is 11.1 Å². The van der Waals surface area contributed by atoms with Crippen LogP contribution >= 0.6 is 0 Å². The lowest BCUT2D eigenvalue weighted by molar-refractivity contribution is 0.0600. The lowest BCUT2D eigenvalue weighted by Gasteiger charge is -2.15. The van der Waals surface area contributed by atoms with Crippen molar-refractivity contribution in [2.24, 2.45) is 0 Å². The second-order valence-electron chi connectivity index (χ2n) is 5.75. The van der Waals surface area contributed by atoms with Gasteiger partial charge in [-0.25, -0.2) is 4.79 Å². The SMILES string of the molecule is COC(=O)c1ccc(C(=O)N[C@H]2CCN(C3CC3)C2)cc1. The van der Waals surface area contributed by atoms with Crippen molar-refractivity contribution in [2.75, 3.05) is 20.2 Å². The van der Waals surface area contributed by atoms with Crippen molar-refractivity contribution in [3.05, 3.63) is 35.4 Å². The average molecular weight is 288 g/mol. The van der Waals surface area contributed by atoms with Crippen LogP contribution in [0.25, 0.3) is 0 Å². The number of hydrogen-bond acceptors (Lipinski definition) is 4. The molecule has 5 nitrogen and oxygen atoms in total. The summed E-state index contributed by atoms with van der Waals surface area (Å²) in [4.78, 5) is 26.0. The van der Waals surface area contributed by atoms with Gasteiger partial charge in [0.05, 0.1) is 12.7 Å². The average Bonchev–Trinajstić information content (AvgIpc) is 3.27. The van der Waals surface area contributed by atoms with E-state index in [9.17, 15) is 9.59 Å². The van der Waals surface area contributed by atoms with Gasteiger partial charge in [-0.1, -0.05) is 0 Å². The van der Waals surface area contributed by atoms with E-state index in [4.69, 9.17) is 0 Å². The maximum atomic E-state index is 12.2. The van der Waals surface area contributed by atoms with Gasteiger partial charge in [0.1, 0.15) is 0 Å². The molecule has 0 radical (unpaired) electrons. The highest BCUT2D eigenvalue weighted by molar-refractivity contribution is 5.96. The Labute approximate surface area is 124 Å². The van der Waals surface area contributed by atoms with E-state index in [2.05, 4.69) is 15.0 Å². The number of rotatable bonds is 4. The Hall–Kier alpha value is -1.88. The van der Waals surface area contributed by atoms with Gasteiger partial charge in [-0.05, 0) is 43.5 Å². The first kappa shape index (κ1) is 14.1. The number of nitrogens with one attached hydrogen (secondary N) is 1. The predicted octanol–water partition coefficient (Wildman–Crippen LogP) is 1.44. The second-order valence-corrected chi connectivity index (χ2v) is 5.75. The number of carbonyl (C=O) groups excluding carboxylic acids is 2. The number of hydrogen-bond donors (Lipinski definition) is 1. The molecule has 21 heavy (non-hydrogen) atoms. The minimum absolute atomic E-state index is 0.0749. The highest BCUT2D eigenvalue weighted by Crippen LogP contribution is 2.29. The zero-order chi connectivity index (χ0) is 14.8. The van der Waals surface area contributed by atoms with Gasteiger partial charge in [0.2, 0.25) is 0 Å². The molecule has 1 aromatic carbocycles. The van der Waals surface area contributed by atoms with Gasteiger partial charge in [0, 0.05) is 30.7 Å². The highest BCUT2D eigenvalue weighted by Gasteiger charge is 2.34. The summed E-state index contributed by atoms with van der Waals surface area (Å²) in [6, 6.07) is 7.55. The summed E-state index contributed by atoms with van der Waals surface area (Å²) in [6.45, 7) is 2.04. The fourth-order valence-electron chi connectivity index (χ4n) is 2.82. The van der Waals surface area contributed by atoms with E-state index >= 15 is 0 Å². The summed E-state index contributed by atoms with van der Waals surface area (Å²) in [5.74, 6) is -0.466. The van der Waals surface area contributed by atoms with Crippen LogP contribution in [-0.4, -0.2) is 49.1 Å². The third-order valence-corrected chi connectivity index (χ3v) is 4.19. The summed E-state index contributed by atoms with van der Waals surface area (Å²) in [5.41, 5.74) is 1.03.